The molecule has 0 aliphatic heterocycles. The van der Waals surface area contributed by atoms with Crippen LogP contribution in [0.15, 0.2) is 54.1 Å². The predicted octanol–water partition coefficient (Wildman–Crippen LogP) is 3.73. The molecular formula is C15H16BrNO2. The van der Waals surface area contributed by atoms with Crippen molar-refractivity contribution in [2.45, 2.75) is 0 Å². The summed E-state index contributed by atoms with van der Waals surface area (Å²) in [6.45, 7) is 8.80. The number of carboxylic acids is 1. The SMILES string of the molecule is C=CCN(CC=C)c1ccc(Br)cc1/C=C/C(=O)O. The molecule has 3 nitrogen and oxygen atoms in total. The average Bonchev–Trinajstić information content (AvgIpc) is 2.36. The van der Waals surface area contributed by atoms with E-state index in [0.29, 0.717) is 13.1 Å². The maximum atomic E-state index is 10.6. The molecule has 100 valence electrons. The number of hydrogen-bond acceptors (Lipinski definition) is 2. The summed E-state index contributed by atoms with van der Waals surface area (Å²) in [5.74, 6) is -0.968. The molecule has 0 aromatic heterocycles. The fraction of sp³-hybridized carbons (Fsp3) is 0.133. The molecule has 0 spiro atoms. The Bertz CT molecular complexity index is 499. The fourth-order valence-electron chi connectivity index (χ4n) is 1.69. The normalized spacial score (nSPS) is 10.4. The minimum absolute atomic E-state index is 0.668. The first-order valence-electron chi connectivity index (χ1n) is 5.75. The van der Waals surface area contributed by atoms with Crippen LogP contribution in [0.2, 0.25) is 0 Å². The number of carbonyl (C=O) groups is 1. The van der Waals surface area contributed by atoms with Crippen LogP contribution >= 0.6 is 15.9 Å². The Morgan fingerprint density at radius 2 is 1.95 bits per heavy atom. The molecule has 0 unspecified atom stereocenters. The number of halogens is 1. The first kappa shape index (κ1) is 15.2. The van der Waals surface area contributed by atoms with Gasteiger partial charge in [-0.05, 0) is 29.8 Å². The van der Waals surface area contributed by atoms with Gasteiger partial charge >= 0.3 is 5.97 Å². The summed E-state index contributed by atoms with van der Waals surface area (Å²) in [6, 6.07) is 5.75. The molecule has 4 heteroatoms. The van der Waals surface area contributed by atoms with E-state index in [0.717, 1.165) is 21.8 Å². The van der Waals surface area contributed by atoms with Crippen molar-refractivity contribution >= 4 is 33.7 Å². The van der Waals surface area contributed by atoms with E-state index in [2.05, 4.69) is 34.0 Å². The molecule has 1 rings (SSSR count). The van der Waals surface area contributed by atoms with Crippen molar-refractivity contribution in [3.05, 3.63) is 59.6 Å². The van der Waals surface area contributed by atoms with E-state index in [4.69, 9.17) is 5.11 Å². The highest BCUT2D eigenvalue weighted by Gasteiger charge is 2.08. The minimum atomic E-state index is -0.968. The third kappa shape index (κ3) is 4.75. The Balaban J connectivity index is 3.19. The standard InChI is InChI=1S/C15H16BrNO2/c1-3-9-17(10-4-2)14-7-6-13(16)11-12(14)5-8-15(18)19/h3-8,11H,1-2,9-10H2,(H,18,19)/b8-5+. The van der Waals surface area contributed by atoms with Crippen molar-refractivity contribution < 1.29 is 9.90 Å². The summed E-state index contributed by atoms with van der Waals surface area (Å²) < 4.78 is 0.901. The van der Waals surface area contributed by atoms with E-state index >= 15 is 0 Å². The first-order chi connectivity index (χ1) is 9.08. The average molecular weight is 322 g/mol. The Kier molecular flexibility index (Phi) is 6.09. The predicted molar refractivity (Wildman–Crippen MR) is 83.4 cm³/mol. The van der Waals surface area contributed by atoms with Gasteiger partial charge in [0.1, 0.15) is 0 Å². The zero-order chi connectivity index (χ0) is 14.3. The van der Waals surface area contributed by atoms with Gasteiger partial charge in [-0.25, -0.2) is 4.79 Å². The van der Waals surface area contributed by atoms with Gasteiger partial charge in [-0.2, -0.15) is 0 Å². The molecule has 0 atom stereocenters. The summed E-state index contributed by atoms with van der Waals surface area (Å²) in [4.78, 5) is 12.7. The van der Waals surface area contributed by atoms with Crippen molar-refractivity contribution in [1.29, 1.82) is 0 Å². The zero-order valence-corrected chi connectivity index (χ0v) is 12.1. The second-order valence-corrected chi connectivity index (χ2v) is 4.77. The van der Waals surface area contributed by atoms with Gasteiger partial charge in [0, 0.05) is 29.3 Å². The van der Waals surface area contributed by atoms with Crippen LogP contribution in [0, 0.1) is 0 Å². The number of rotatable bonds is 7. The molecule has 0 aliphatic rings. The molecule has 0 saturated carbocycles. The van der Waals surface area contributed by atoms with Gasteiger partial charge in [0.25, 0.3) is 0 Å². The second kappa shape index (κ2) is 7.59. The minimum Gasteiger partial charge on any atom is -0.478 e. The highest BCUT2D eigenvalue weighted by Crippen LogP contribution is 2.26. The van der Waals surface area contributed by atoms with Gasteiger partial charge in [0.15, 0.2) is 0 Å². The molecule has 0 bridgehead atoms. The van der Waals surface area contributed by atoms with Crippen LogP contribution in [-0.4, -0.2) is 24.2 Å². The molecular weight excluding hydrogens is 306 g/mol. The maximum absolute atomic E-state index is 10.6. The largest absolute Gasteiger partial charge is 0.478 e. The number of anilines is 1. The molecule has 0 heterocycles. The Hall–Kier alpha value is -1.81. The van der Waals surface area contributed by atoms with Crippen LogP contribution in [0.25, 0.3) is 6.08 Å². The monoisotopic (exact) mass is 321 g/mol. The maximum Gasteiger partial charge on any atom is 0.328 e. The third-order valence-electron chi connectivity index (χ3n) is 2.43. The second-order valence-electron chi connectivity index (χ2n) is 3.86. The molecule has 19 heavy (non-hydrogen) atoms. The van der Waals surface area contributed by atoms with Crippen molar-refractivity contribution in [1.82, 2.24) is 0 Å². The topological polar surface area (TPSA) is 40.5 Å². The van der Waals surface area contributed by atoms with E-state index in [9.17, 15) is 4.79 Å². The molecule has 0 radical (unpaired) electrons. The Labute approximate surface area is 121 Å². The van der Waals surface area contributed by atoms with E-state index in [1.165, 1.54) is 0 Å². The molecule has 1 N–H and O–H groups in total. The molecule has 0 saturated heterocycles. The van der Waals surface area contributed by atoms with Crippen molar-refractivity contribution in [3.8, 4) is 0 Å². The highest BCUT2D eigenvalue weighted by molar-refractivity contribution is 9.10. The van der Waals surface area contributed by atoms with Gasteiger partial charge in [0.2, 0.25) is 0 Å². The summed E-state index contributed by atoms with van der Waals surface area (Å²) >= 11 is 3.39. The lowest BCUT2D eigenvalue weighted by Crippen LogP contribution is -2.23. The molecule has 1 aromatic rings. The fourth-order valence-corrected chi connectivity index (χ4v) is 2.07. The van der Waals surface area contributed by atoms with Gasteiger partial charge in [-0.3, -0.25) is 0 Å². The molecule has 0 amide bonds. The number of nitrogens with zero attached hydrogens (tertiary/aromatic N) is 1. The summed E-state index contributed by atoms with van der Waals surface area (Å²) in [5.41, 5.74) is 1.78. The smallest absolute Gasteiger partial charge is 0.328 e. The van der Waals surface area contributed by atoms with Gasteiger partial charge in [-0.1, -0.05) is 28.1 Å². The van der Waals surface area contributed by atoms with Crippen LogP contribution in [0.5, 0.6) is 0 Å². The van der Waals surface area contributed by atoms with E-state index in [1.54, 1.807) is 18.2 Å². The first-order valence-corrected chi connectivity index (χ1v) is 6.55. The Morgan fingerprint density at radius 1 is 1.32 bits per heavy atom. The van der Waals surface area contributed by atoms with Crippen LogP contribution in [-0.2, 0) is 4.79 Å². The number of aliphatic carboxylic acids is 1. The van der Waals surface area contributed by atoms with E-state index in [-0.39, 0.29) is 0 Å². The number of benzene rings is 1. The van der Waals surface area contributed by atoms with Crippen molar-refractivity contribution in [2.24, 2.45) is 0 Å². The van der Waals surface area contributed by atoms with Crippen LogP contribution < -0.4 is 4.90 Å². The number of hydrogen-bond donors (Lipinski definition) is 1. The van der Waals surface area contributed by atoms with E-state index in [1.807, 2.05) is 18.2 Å². The van der Waals surface area contributed by atoms with Gasteiger partial charge in [0.05, 0.1) is 0 Å². The number of carboxylic acid groups (broad SMARTS) is 1. The summed E-state index contributed by atoms with van der Waals surface area (Å²) in [7, 11) is 0. The molecule has 1 aromatic carbocycles. The highest BCUT2D eigenvalue weighted by atomic mass is 79.9. The van der Waals surface area contributed by atoms with Crippen molar-refractivity contribution in [3.63, 3.8) is 0 Å². The lowest BCUT2D eigenvalue weighted by molar-refractivity contribution is -0.131. The summed E-state index contributed by atoms with van der Waals surface area (Å²) in [5, 5.41) is 8.74. The van der Waals surface area contributed by atoms with E-state index < -0.39 is 5.97 Å². The van der Waals surface area contributed by atoms with Crippen LogP contribution in [0.1, 0.15) is 5.56 Å². The van der Waals surface area contributed by atoms with Crippen molar-refractivity contribution in [2.75, 3.05) is 18.0 Å². The van der Waals surface area contributed by atoms with Crippen LogP contribution in [0.3, 0.4) is 0 Å². The Morgan fingerprint density at radius 3 is 2.47 bits per heavy atom. The third-order valence-corrected chi connectivity index (χ3v) is 2.93. The molecule has 0 fully saturated rings. The quantitative estimate of drug-likeness (QED) is 0.614. The zero-order valence-electron chi connectivity index (χ0n) is 10.6. The van der Waals surface area contributed by atoms with Gasteiger partial charge < -0.3 is 10.0 Å². The summed E-state index contributed by atoms with van der Waals surface area (Å²) in [6.07, 6.45) is 6.32. The molecule has 0 aliphatic carbocycles. The van der Waals surface area contributed by atoms with Gasteiger partial charge in [-0.15, -0.1) is 13.2 Å². The van der Waals surface area contributed by atoms with Crippen LogP contribution in [0.4, 0.5) is 5.69 Å². The lowest BCUT2D eigenvalue weighted by Gasteiger charge is -2.23. The lowest BCUT2D eigenvalue weighted by atomic mass is 10.1.